The van der Waals surface area contributed by atoms with E-state index in [9.17, 15) is 9.18 Å². The predicted molar refractivity (Wildman–Crippen MR) is 67.7 cm³/mol. The lowest BCUT2D eigenvalue weighted by molar-refractivity contribution is 0.112. The van der Waals surface area contributed by atoms with E-state index in [1.54, 1.807) is 22.9 Å². The van der Waals surface area contributed by atoms with Gasteiger partial charge in [-0.2, -0.15) is 5.10 Å². The van der Waals surface area contributed by atoms with Gasteiger partial charge in [-0.15, -0.1) is 0 Å². The minimum atomic E-state index is -0.390. The number of carbonyl (C=O) groups excluding carboxylic acids is 1. The molecule has 0 spiro atoms. The third-order valence-electron chi connectivity index (χ3n) is 3.19. The maximum atomic E-state index is 13.8. The lowest BCUT2D eigenvalue weighted by Crippen LogP contribution is -2.00. The van der Waals surface area contributed by atoms with Crippen LogP contribution in [0.1, 0.15) is 23.2 Å². The number of aldehydes is 1. The largest absolute Gasteiger partial charge is 0.477 e. The summed E-state index contributed by atoms with van der Waals surface area (Å²) in [5.74, 6) is 0.0598. The SMILES string of the molecule is O=Cc1c(-c2ccccc2F)nn2c1OCCCC2. The summed E-state index contributed by atoms with van der Waals surface area (Å²) in [7, 11) is 0. The lowest BCUT2D eigenvalue weighted by atomic mass is 10.1. The van der Waals surface area contributed by atoms with E-state index in [2.05, 4.69) is 5.10 Å². The molecule has 3 rings (SSSR count). The van der Waals surface area contributed by atoms with E-state index in [4.69, 9.17) is 4.74 Å². The Labute approximate surface area is 109 Å². The summed E-state index contributed by atoms with van der Waals surface area (Å²) in [6.07, 6.45) is 2.55. The fourth-order valence-electron chi connectivity index (χ4n) is 2.26. The summed E-state index contributed by atoms with van der Waals surface area (Å²) in [4.78, 5) is 11.3. The van der Waals surface area contributed by atoms with E-state index in [1.165, 1.54) is 6.07 Å². The molecule has 0 amide bonds. The normalized spacial score (nSPS) is 14.4. The number of nitrogens with zero attached hydrogens (tertiary/aromatic N) is 2. The molecule has 0 atom stereocenters. The third-order valence-corrected chi connectivity index (χ3v) is 3.19. The molecular weight excluding hydrogens is 247 g/mol. The number of rotatable bonds is 2. The van der Waals surface area contributed by atoms with Gasteiger partial charge in [0.2, 0.25) is 5.88 Å². The van der Waals surface area contributed by atoms with Crippen LogP contribution in [0.2, 0.25) is 0 Å². The molecule has 1 aliphatic rings. The van der Waals surface area contributed by atoms with Gasteiger partial charge >= 0.3 is 0 Å². The van der Waals surface area contributed by atoms with E-state index in [1.807, 2.05) is 0 Å². The summed E-state index contributed by atoms with van der Waals surface area (Å²) < 4.78 is 21.0. The number of fused-ring (bicyclic) bond motifs is 1. The first kappa shape index (κ1) is 11.9. The number of halogens is 1. The number of aromatic nitrogens is 2. The van der Waals surface area contributed by atoms with Crippen LogP contribution in [-0.2, 0) is 6.54 Å². The maximum Gasteiger partial charge on any atom is 0.223 e. The van der Waals surface area contributed by atoms with E-state index >= 15 is 0 Å². The number of ether oxygens (including phenoxy) is 1. The Morgan fingerprint density at radius 3 is 2.95 bits per heavy atom. The highest BCUT2D eigenvalue weighted by Crippen LogP contribution is 2.32. The summed E-state index contributed by atoms with van der Waals surface area (Å²) in [6, 6.07) is 6.30. The minimum Gasteiger partial charge on any atom is -0.477 e. The molecule has 0 aliphatic carbocycles. The van der Waals surface area contributed by atoms with Crippen molar-refractivity contribution in [3.8, 4) is 17.1 Å². The van der Waals surface area contributed by atoms with E-state index in [0.717, 1.165) is 12.8 Å². The molecule has 19 heavy (non-hydrogen) atoms. The van der Waals surface area contributed by atoms with Crippen LogP contribution < -0.4 is 4.74 Å². The molecule has 0 radical (unpaired) electrons. The van der Waals surface area contributed by atoms with Gasteiger partial charge in [0.15, 0.2) is 6.29 Å². The summed E-state index contributed by atoms with van der Waals surface area (Å²) >= 11 is 0. The van der Waals surface area contributed by atoms with Crippen LogP contribution in [0.3, 0.4) is 0 Å². The van der Waals surface area contributed by atoms with Crippen molar-refractivity contribution in [1.29, 1.82) is 0 Å². The van der Waals surface area contributed by atoms with Crippen LogP contribution in [0.15, 0.2) is 24.3 Å². The molecule has 0 bridgehead atoms. The maximum absolute atomic E-state index is 13.8. The third kappa shape index (κ3) is 2.01. The molecule has 2 aromatic rings. The molecular formula is C14H13FN2O2. The molecule has 5 heteroatoms. The van der Waals surface area contributed by atoms with Crippen molar-refractivity contribution in [3.63, 3.8) is 0 Å². The monoisotopic (exact) mass is 260 g/mol. The molecule has 0 saturated heterocycles. The highest BCUT2D eigenvalue weighted by Gasteiger charge is 2.23. The molecule has 4 nitrogen and oxygen atoms in total. The first-order valence-electron chi connectivity index (χ1n) is 6.25. The number of carbonyl (C=O) groups is 1. The zero-order valence-corrected chi connectivity index (χ0v) is 10.3. The van der Waals surface area contributed by atoms with Crippen molar-refractivity contribution in [2.75, 3.05) is 6.61 Å². The number of benzene rings is 1. The molecule has 0 saturated carbocycles. The average molecular weight is 260 g/mol. The fraction of sp³-hybridized carbons (Fsp3) is 0.286. The Kier molecular flexibility index (Phi) is 3.03. The number of hydrogen-bond acceptors (Lipinski definition) is 3. The fourth-order valence-corrected chi connectivity index (χ4v) is 2.26. The molecule has 98 valence electrons. The van der Waals surface area contributed by atoms with Gasteiger partial charge in [0.1, 0.15) is 17.1 Å². The summed E-state index contributed by atoms with van der Waals surface area (Å²) in [5.41, 5.74) is 1.01. The van der Waals surface area contributed by atoms with Gasteiger partial charge in [0.25, 0.3) is 0 Å². The van der Waals surface area contributed by atoms with Crippen molar-refractivity contribution >= 4 is 6.29 Å². The van der Waals surface area contributed by atoms with Crippen LogP contribution in [0.5, 0.6) is 5.88 Å². The minimum absolute atomic E-state index is 0.326. The quantitative estimate of drug-likeness (QED) is 0.780. The van der Waals surface area contributed by atoms with Gasteiger partial charge in [-0.05, 0) is 25.0 Å². The zero-order valence-electron chi connectivity index (χ0n) is 10.3. The summed E-state index contributed by atoms with van der Waals surface area (Å²) in [6.45, 7) is 1.24. The molecule has 1 aromatic heterocycles. The Balaban J connectivity index is 2.17. The van der Waals surface area contributed by atoms with E-state index in [-0.39, 0.29) is 5.82 Å². The van der Waals surface area contributed by atoms with Crippen molar-refractivity contribution in [3.05, 3.63) is 35.6 Å². The first-order chi connectivity index (χ1) is 9.31. The lowest BCUT2D eigenvalue weighted by Gasteiger charge is -2.02. The predicted octanol–water partition coefficient (Wildman–Crippen LogP) is 2.67. The van der Waals surface area contributed by atoms with Gasteiger partial charge < -0.3 is 4.74 Å². The highest BCUT2D eigenvalue weighted by molar-refractivity contribution is 5.89. The second-order valence-electron chi connectivity index (χ2n) is 4.44. The van der Waals surface area contributed by atoms with E-state index < -0.39 is 0 Å². The zero-order chi connectivity index (χ0) is 13.2. The van der Waals surface area contributed by atoms with Crippen LogP contribution in [0.4, 0.5) is 4.39 Å². The second-order valence-corrected chi connectivity index (χ2v) is 4.44. The van der Waals surface area contributed by atoms with Crippen molar-refractivity contribution < 1.29 is 13.9 Å². The van der Waals surface area contributed by atoms with Gasteiger partial charge in [-0.25, -0.2) is 9.07 Å². The second kappa shape index (κ2) is 4.84. The van der Waals surface area contributed by atoms with Crippen LogP contribution in [0.25, 0.3) is 11.3 Å². The Hall–Kier alpha value is -2.17. The topological polar surface area (TPSA) is 44.1 Å². The van der Waals surface area contributed by atoms with Crippen LogP contribution >= 0.6 is 0 Å². The van der Waals surface area contributed by atoms with E-state index in [0.29, 0.717) is 42.1 Å². The Bertz CT molecular complexity index is 622. The molecule has 1 aliphatic heterocycles. The van der Waals surface area contributed by atoms with Crippen LogP contribution in [-0.4, -0.2) is 22.7 Å². The molecule has 0 fully saturated rings. The number of hydrogen-bond donors (Lipinski definition) is 0. The molecule has 1 aromatic carbocycles. The highest BCUT2D eigenvalue weighted by atomic mass is 19.1. The Morgan fingerprint density at radius 1 is 1.32 bits per heavy atom. The number of aryl methyl sites for hydroxylation is 1. The first-order valence-corrected chi connectivity index (χ1v) is 6.25. The molecule has 0 unspecified atom stereocenters. The molecule has 0 N–H and O–H groups in total. The standard InChI is InChI=1S/C14H13FN2O2/c15-12-6-2-1-5-10(12)13-11(9-18)14-17(16-13)7-3-4-8-19-14/h1-2,5-6,9H,3-4,7-8H2. The average Bonchev–Trinajstić information content (AvgIpc) is 2.61. The van der Waals surface area contributed by atoms with Gasteiger partial charge in [-0.3, -0.25) is 4.79 Å². The van der Waals surface area contributed by atoms with Crippen LogP contribution in [0, 0.1) is 5.82 Å². The van der Waals surface area contributed by atoms with Gasteiger partial charge in [0.05, 0.1) is 6.61 Å². The summed E-state index contributed by atoms with van der Waals surface area (Å²) in [5, 5.41) is 4.33. The van der Waals surface area contributed by atoms with Crippen molar-refractivity contribution in [2.45, 2.75) is 19.4 Å². The molecule has 2 heterocycles. The van der Waals surface area contributed by atoms with Crippen molar-refractivity contribution in [2.24, 2.45) is 0 Å². The Morgan fingerprint density at radius 2 is 2.16 bits per heavy atom. The van der Waals surface area contributed by atoms with Gasteiger partial charge in [0, 0.05) is 12.1 Å². The smallest absolute Gasteiger partial charge is 0.223 e. The van der Waals surface area contributed by atoms with Crippen molar-refractivity contribution in [1.82, 2.24) is 9.78 Å². The van der Waals surface area contributed by atoms with Gasteiger partial charge in [-0.1, -0.05) is 12.1 Å².